The Morgan fingerprint density at radius 2 is 1.80 bits per heavy atom. The van der Waals surface area contributed by atoms with Crippen molar-refractivity contribution in [3.05, 3.63) is 34.9 Å². The molecule has 0 radical (unpaired) electrons. The Labute approximate surface area is 149 Å². The number of aryl methyl sites for hydroxylation is 2. The van der Waals surface area contributed by atoms with Crippen LogP contribution in [0.4, 0.5) is 0 Å². The predicted octanol–water partition coefficient (Wildman–Crippen LogP) is 2.38. The number of carbonyl (C=O) groups is 1. The standard InChI is InChI=1S/C19H26N2O3S/c1-13-7-14(2)9-15(8-13)18(22)21-6-5-19(12-21)10-16(11-19)20-25(23,24)17-3-4-17/h7-9,16-17,20H,3-6,10-12H2,1-2H3. The number of nitrogens with one attached hydrogen (secondary N) is 1. The van der Waals surface area contributed by atoms with Gasteiger partial charge in [0, 0.05) is 24.7 Å². The summed E-state index contributed by atoms with van der Waals surface area (Å²) in [4.78, 5) is 14.7. The van der Waals surface area contributed by atoms with Crippen molar-refractivity contribution in [2.75, 3.05) is 13.1 Å². The molecule has 1 aromatic rings. The number of hydrogen-bond donors (Lipinski definition) is 1. The van der Waals surface area contributed by atoms with Gasteiger partial charge in [0.2, 0.25) is 10.0 Å². The molecule has 4 rings (SSSR count). The summed E-state index contributed by atoms with van der Waals surface area (Å²) in [5, 5.41) is -0.157. The molecule has 0 atom stereocenters. The SMILES string of the molecule is Cc1cc(C)cc(C(=O)N2CCC3(CC(NS(=O)(=O)C4CC4)C3)C2)c1. The van der Waals surface area contributed by atoms with Crippen molar-refractivity contribution >= 4 is 15.9 Å². The summed E-state index contributed by atoms with van der Waals surface area (Å²) in [6.07, 6.45) is 4.28. The number of carbonyl (C=O) groups excluding carboxylic acids is 1. The molecule has 1 amide bonds. The summed E-state index contributed by atoms with van der Waals surface area (Å²) < 4.78 is 27.0. The zero-order chi connectivity index (χ0) is 17.8. The highest BCUT2D eigenvalue weighted by Gasteiger charge is 2.51. The van der Waals surface area contributed by atoms with Crippen LogP contribution in [0, 0.1) is 19.3 Å². The van der Waals surface area contributed by atoms with Crippen LogP contribution in [0.5, 0.6) is 0 Å². The molecular weight excluding hydrogens is 336 g/mol. The molecule has 1 N–H and O–H groups in total. The van der Waals surface area contributed by atoms with Gasteiger partial charge < -0.3 is 4.90 Å². The van der Waals surface area contributed by atoms with Gasteiger partial charge in [-0.15, -0.1) is 0 Å². The third-order valence-corrected chi connectivity index (χ3v) is 7.86. The zero-order valence-corrected chi connectivity index (χ0v) is 15.7. The van der Waals surface area contributed by atoms with Gasteiger partial charge in [0.1, 0.15) is 0 Å². The van der Waals surface area contributed by atoms with Crippen LogP contribution in [0.25, 0.3) is 0 Å². The molecule has 0 unspecified atom stereocenters. The first-order valence-electron chi connectivity index (χ1n) is 9.15. The first kappa shape index (κ1) is 17.0. The van der Waals surface area contributed by atoms with Crippen molar-refractivity contribution < 1.29 is 13.2 Å². The highest BCUT2D eigenvalue weighted by molar-refractivity contribution is 7.90. The van der Waals surface area contributed by atoms with Crippen molar-refractivity contribution in [3.63, 3.8) is 0 Å². The lowest BCUT2D eigenvalue weighted by atomic mass is 9.65. The number of hydrogen-bond acceptors (Lipinski definition) is 3. The molecule has 2 saturated carbocycles. The second kappa shape index (κ2) is 5.81. The molecule has 0 aromatic heterocycles. The molecule has 0 bridgehead atoms. The minimum absolute atomic E-state index is 0.0573. The van der Waals surface area contributed by atoms with Gasteiger partial charge in [-0.2, -0.15) is 0 Å². The van der Waals surface area contributed by atoms with E-state index in [9.17, 15) is 13.2 Å². The molecule has 1 aliphatic heterocycles. The van der Waals surface area contributed by atoms with E-state index < -0.39 is 10.0 Å². The predicted molar refractivity (Wildman–Crippen MR) is 97.0 cm³/mol. The minimum Gasteiger partial charge on any atom is -0.338 e. The molecule has 25 heavy (non-hydrogen) atoms. The number of amides is 1. The van der Waals surface area contributed by atoms with Gasteiger partial charge in [-0.25, -0.2) is 13.1 Å². The molecule has 3 fully saturated rings. The maximum absolute atomic E-state index is 12.8. The van der Waals surface area contributed by atoms with Crippen LogP contribution in [-0.4, -0.2) is 43.6 Å². The Balaban J connectivity index is 1.36. The normalized spacial score (nSPS) is 29.0. The van der Waals surface area contributed by atoms with E-state index >= 15 is 0 Å². The molecule has 1 heterocycles. The van der Waals surface area contributed by atoms with Crippen molar-refractivity contribution in [2.24, 2.45) is 5.41 Å². The first-order valence-corrected chi connectivity index (χ1v) is 10.7. The first-order chi connectivity index (χ1) is 11.8. The van der Waals surface area contributed by atoms with E-state index in [0.717, 1.165) is 61.9 Å². The molecule has 1 spiro atoms. The smallest absolute Gasteiger partial charge is 0.253 e. The molecule has 6 heteroatoms. The zero-order valence-electron chi connectivity index (χ0n) is 14.9. The van der Waals surface area contributed by atoms with Gasteiger partial charge in [0.15, 0.2) is 0 Å². The number of benzene rings is 1. The number of rotatable bonds is 4. The fraction of sp³-hybridized carbons (Fsp3) is 0.632. The summed E-state index contributed by atoms with van der Waals surface area (Å²) in [6.45, 7) is 5.55. The van der Waals surface area contributed by atoms with Crippen molar-refractivity contribution in [1.29, 1.82) is 0 Å². The summed E-state index contributed by atoms with van der Waals surface area (Å²) in [5.41, 5.74) is 3.09. The Bertz CT molecular complexity index is 788. The van der Waals surface area contributed by atoms with Crippen molar-refractivity contribution in [3.8, 4) is 0 Å². The molecule has 1 aromatic carbocycles. The fourth-order valence-corrected chi connectivity index (χ4v) is 6.08. The van der Waals surface area contributed by atoms with E-state index in [1.54, 1.807) is 0 Å². The fourth-order valence-electron chi connectivity index (χ4n) is 4.50. The summed E-state index contributed by atoms with van der Waals surface area (Å²) in [5.74, 6) is 0.102. The number of sulfonamides is 1. The second-order valence-corrected chi connectivity index (χ2v) is 10.3. The number of nitrogens with zero attached hydrogens (tertiary/aromatic N) is 1. The lowest BCUT2D eigenvalue weighted by molar-refractivity contribution is 0.0688. The van der Waals surface area contributed by atoms with Gasteiger partial charge in [-0.3, -0.25) is 4.79 Å². The van der Waals surface area contributed by atoms with Crippen LogP contribution in [0.3, 0.4) is 0 Å². The summed E-state index contributed by atoms with van der Waals surface area (Å²) in [6, 6.07) is 6.04. The van der Waals surface area contributed by atoms with Crippen LogP contribution < -0.4 is 4.72 Å². The highest BCUT2D eigenvalue weighted by atomic mass is 32.2. The second-order valence-electron chi connectivity index (χ2n) is 8.32. The molecule has 2 aliphatic carbocycles. The van der Waals surface area contributed by atoms with Crippen LogP contribution in [0.2, 0.25) is 0 Å². The van der Waals surface area contributed by atoms with E-state index in [1.807, 2.05) is 30.9 Å². The van der Waals surface area contributed by atoms with Crippen molar-refractivity contribution in [1.82, 2.24) is 9.62 Å². The van der Waals surface area contributed by atoms with Gasteiger partial charge >= 0.3 is 0 Å². The van der Waals surface area contributed by atoms with Gasteiger partial charge in [-0.1, -0.05) is 17.2 Å². The van der Waals surface area contributed by atoms with Crippen molar-refractivity contribution in [2.45, 2.75) is 57.2 Å². The van der Waals surface area contributed by atoms with E-state index in [0.29, 0.717) is 0 Å². The summed E-state index contributed by atoms with van der Waals surface area (Å²) >= 11 is 0. The molecular formula is C19H26N2O3S. The maximum Gasteiger partial charge on any atom is 0.253 e. The monoisotopic (exact) mass is 362 g/mol. The van der Waals surface area contributed by atoms with Crippen LogP contribution in [-0.2, 0) is 10.0 Å². The molecule has 3 aliphatic rings. The highest BCUT2D eigenvalue weighted by Crippen LogP contribution is 2.49. The molecule has 1 saturated heterocycles. The Morgan fingerprint density at radius 1 is 1.16 bits per heavy atom. The minimum atomic E-state index is -3.11. The lowest BCUT2D eigenvalue weighted by Gasteiger charge is -2.45. The maximum atomic E-state index is 12.8. The van der Waals surface area contributed by atoms with Crippen LogP contribution in [0.1, 0.15) is 53.6 Å². The van der Waals surface area contributed by atoms with Gasteiger partial charge in [-0.05, 0) is 63.5 Å². The van der Waals surface area contributed by atoms with Crippen LogP contribution >= 0.6 is 0 Å². The average Bonchev–Trinajstić information content (AvgIpc) is 3.26. The third-order valence-electron chi connectivity index (χ3n) is 5.85. The lowest BCUT2D eigenvalue weighted by Crippen LogP contribution is -2.52. The Hall–Kier alpha value is -1.40. The van der Waals surface area contributed by atoms with Gasteiger partial charge in [0.05, 0.1) is 5.25 Å². The average molecular weight is 362 g/mol. The van der Waals surface area contributed by atoms with E-state index in [2.05, 4.69) is 10.8 Å². The third kappa shape index (κ3) is 3.34. The Morgan fingerprint density at radius 3 is 2.40 bits per heavy atom. The molecule has 136 valence electrons. The topological polar surface area (TPSA) is 66.5 Å². The molecule has 5 nitrogen and oxygen atoms in total. The van der Waals surface area contributed by atoms with Crippen LogP contribution in [0.15, 0.2) is 18.2 Å². The van der Waals surface area contributed by atoms with E-state index in [1.165, 1.54) is 0 Å². The largest absolute Gasteiger partial charge is 0.338 e. The quantitative estimate of drug-likeness (QED) is 0.894. The Kier molecular flexibility index (Phi) is 3.96. The summed E-state index contributed by atoms with van der Waals surface area (Å²) in [7, 11) is -3.11. The van der Waals surface area contributed by atoms with Gasteiger partial charge in [0.25, 0.3) is 5.91 Å². The van der Waals surface area contributed by atoms with E-state index in [4.69, 9.17) is 0 Å². The number of likely N-dealkylation sites (tertiary alicyclic amines) is 1. The van der Waals surface area contributed by atoms with E-state index in [-0.39, 0.29) is 22.6 Å².